The molecule has 0 saturated carbocycles. The summed E-state index contributed by atoms with van der Waals surface area (Å²) in [6, 6.07) is 3.68. The first-order valence-corrected chi connectivity index (χ1v) is 6.45. The van der Waals surface area contributed by atoms with Crippen LogP contribution >= 0.6 is 11.6 Å². The van der Waals surface area contributed by atoms with E-state index < -0.39 is 0 Å². The second-order valence-electron chi connectivity index (χ2n) is 4.43. The molecule has 0 aliphatic rings. The lowest BCUT2D eigenvalue weighted by atomic mass is 10.2. The molecule has 0 aromatic carbocycles. The van der Waals surface area contributed by atoms with E-state index in [0.29, 0.717) is 17.3 Å². The van der Waals surface area contributed by atoms with E-state index in [1.165, 1.54) is 6.33 Å². The summed E-state index contributed by atoms with van der Waals surface area (Å²) in [5, 5.41) is 8.66. The second kappa shape index (κ2) is 5.05. The molecule has 0 spiro atoms. The summed E-state index contributed by atoms with van der Waals surface area (Å²) in [7, 11) is 0. The molecule has 0 aliphatic carbocycles. The Morgan fingerprint density at radius 2 is 2.10 bits per heavy atom. The van der Waals surface area contributed by atoms with Crippen LogP contribution in [0.25, 0.3) is 5.69 Å². The van der Waals surface area contributed by atoms with Gasteiger partial charge in [0, 0.05) is 12.6 Å². The summed E-state index contributed by atoms with van der Waals surface area (Å²) in [5.74, 6) is 1.51. The summed E-state index contributed by atoms with van der Waals surface area (Å²) in [6.45, 7) is 3.73. The van der Waals surface area contributed by atoms with Gasteiger partial charge in [0.15, 0.2) is 5.76 Å². The fourth-order valence-electron chi connectivity index (χ4n) is 2.05. The average Bonchev–Trinajstić information content (AvgIpc) is 2.99. The van der Waals surface area contributed by atoms with Crippen LogP contribution in [0, 0.1) is 13.8 Å². The van der Waals surface area contributed by atoms with Crippen molar-refractivity contribution in [3.63, 3.8) is 0 Å². The Hall–Kier alpha value is -2.21. The molecule has 3 heterocycles. The topological polar surface area (TPSA) is 69.6 Å². The van der Waals surface area contributed by atoms with Gasteiger partial charge in [-0.2, -0.15) is 5.10 Å². The van der Waals surface area contributed by atoms with Crippen molar-refractivity contribution in [2.45, 2.75) is 20.3 Å². The third kappa shape index (κ3) is 2.30. The molecule has 3 rings (SSSR count). The van der Waals surface area contributed by atoms with Gasteiger partial charge in [0.05, 0.1) is 0 Å². The van der Waals surface area contributed by atoms with Crippen molar-refractivity contribution >= 4 is 11.6 Å². The first-order valence-electron chi connectivity index (χ1n) is 6.07. The number of nitrogens with zero attached hydrogens (tertiary/aromatic N) is 5. The van der Waals surface area contributed by atoms with E-state index in [0.717, 1.165) is 22.8 Å². The number of halogens is 1. The van der Waals surface area contributed by atoms with Crippen LogP contribution in [0.2, 0.25) is 5.15 Å². The summed E-state index contributed by atoms with van der Waals surface area (Å²) in [5.41, 5.74) is 2.62. The van der Waals surface area contributed by atoms with Crippen molar-refractivity contribution in [2.24, 2.45) is 0 Å². The molecule has 0 unspecified atom stereocenters. The molecule has 3 aromatic heterocycles. The van der Waals surface area contributed by atoms with Gasteiger partial charge < -0.3 is 4.52 Å². The van der Waals surface area contributed by atoms with Gasteiger partial charge in [-0.05, 0) is 25.5 Å². The van der Waals surface area contributed by atoms with Crippen LogP contribution in [0.15, 0.2) is 29.2 Å². The quantitative estimate of drug-likeness (QED) is 0.693. The molecule has 0 bridgehead atoms. The fourth-order valence-corrected chi connectivity index (χ4v) is 2.16. The highest BCUT2D eigenvalue weighted by Gasteiger charge is 2.16. The second-order valence-corrected chi connectivity index (χ2v) is 4.81. The Bertz CT molecular complexity index is 712. The van der Waals surface area contributed by atoms with Gasteiger partial charge in [0.25, 0.3) is 0 Å². The van der Waals surface area contributed by atoms with Gasteiger partial charge >= 0.3 is 0 Å². The minimum atomic E-state index is 0.473. The van der Waals surface area contributed by atoms with Crippen molar-refractivity contribution in [1.82, 2.24) is 24.9 Å². The van der Waals surface area contributed by atoms with E-state index in [2.05, 4.69) is 20.2 Å². The zero-order valence-electron chi connectivity index (χ0n) is 11.0. The van der Waals surface area contributed by atoms with Crippen LogP contribution in [0.1, 0.15) is 22.8 Å². The lowest BCUT2D eigenvalue weighted by molar-refractivity contribution is 0.392. The van der Waals surface area contributed by atoms with Crippen LogP contribution in [0.4, 0.5) is 0 Å². The molecule has 0 atom stereocenters. The molecule has 102 valence electrons. The van der Waals surface area contributed by atoms with Crippen molar-refractivity contribution < 1.29 is 4.52 Å². The van der Waals surface area contributed by atoms with Gasteiger partial charge in [0.1, 0.15) is 28.7 Å². The maximum atomic E-state index is 5.78. The maximum absolute atomic E-state index is 5.78. The Morgan fingerprint density at radius 1 is 1.25 bits per heavy atom. The first kappa shape index (κ1) is 12.8. The van der Waals surface area contributed by atoms with E-state index in [9.17, 15) is 0 Å². The highest BCUT2D eigenvalue weighted by atomic mass is 35.5. The number of hydrogen-bond donors (Lipinski definition) is 0. The number of aromatic nitrogens is 5. The summed E-state index contributed by atoms with van der Waals surface area (Å²) in [6.07, 6.45) is 3.85. The summed E-state index contributed by atoms with van der Waals surface area (Å²) < 4.78 is 6.92. The molecule has 6 nitrogen and oxygen atoms in total. The smallest absolute Gasteiger partial charge is 0.159 e. The molecule has 0 amide bonds. The van der Waals surface area contributed by atoms with Crippen molar-refractivity contribution in [2.75, 3.05) is 0 Å². The van der Waals surface area contributed by atoms with Crippen molar-refractivity contribution in [3.8, 4) is 5.69 Å². The largest absolute Gasteiger partial charge is 0.359 e. The van der Waals surface area contributed by atoms with E-state index >= 15 is 0 Å². The normalized spacial score (nSPS) is 10.9. The molecular formula is C13H12ClN5O. The average molecular weight is 290 g/mol. The lowest BCUT2D eigenvalue weighted by Gasteiger charge is -2.05. The van der Waals surface area contributed by atoms with E-state index in [-0.39, 0.29) is 0 Å². The zero-order valence-corrected chi connectivity index (χ0v) is 11.8. The highest BCUT2D eigenvalue weighted by molar-refractivity contribution is 6.29. The predicted octanol–water partition coefficient (Wildman–Crippen LogP) is 2.51. The fraction of sp³-hybridized carbons (Fsp3) is 0.231. The number of hydrogen-bond acceptors (Lipinski definition) is 5. The maximum Gasteiger partial charge on any atom is 0.159 e. The van der Waals surface area contributed by atoms with Crippen LogP contribution in [0.5, 0.6) is 0 Å². The molecule has 20 heavy (non-hydrogen) atoms. The first-order chi connectivity index (χ1) is 9.65. The van der Waals surface area contributed by atoms with Crippen molar-refractivity contribution in [1.29, 1.82) is 0 Å². The Labute approximate surface area is 120 Å². The van der Waals surface area contributed by atoms with Gasteiger partial charge in [-0.1, -0.05) is 22.8 Å². The standard InChI is InChI=1S/C13H12ClN5O/c1-8-13(9(2)20-18-8)19-12(16-7-17-19)5-10-3-4-11(14)15-6-10/h3-4,6-7H,5H2,1-2H3. The molecule has 3 aromatic rings. The Balaban J connectivity index is 1.97. The van der Waals surface area contributed by atoms with Gasteiger partial charge in [0.2, 0.25) is 0 Å². The Morgan fingerprint density at radius 3 is 2.75 bits per heavy atom. The predicted molar refractivity (Wildman–Crippen MR) is 72.9 cm³/mol. The number of aryl methyl sites for hydroxylation is 2. The summed E-state index contributed by atoms with van der Waals surface area (Å²) >= 11 is 5.78. The van der Waals surface area contributed by atoms with Crippen LogP contribution < -0.4 is 0 Å². The third-order valence-corrected chi connectivity index (χ3v) is 3.20. The van der Waals surface area contributed by atoms with Crippen LogP contribution in [-0.4, -0.2) is 24.9 Å². The summed E-state index contributed by atoms with van der Waals surface area (Å²) in [4.78, 5) is 8.36. The molecule has 0 radical (unpaired) electrons. The third-order valence-electron chi connectivity index (χ3n) is 2.98. The van der Waals surface area contributed by atoms with E-state index in [4.69, 9.17) is 16.1 Å². The minimum Gasteiger partial charge on any atom is -0.359 e. The van der Waals surface area contributed by atoms with Crippen LogP contribution in [-0.2, 0) is 6.42 Å². The van der Waals surface area contributed by atoms with E-state index in [1.807, 2.05) is 19.9 Å². The molecule has 7 heteroatoms. The highest BCUT2D eigenvalue weighted by Crippen LogP contribution is 2.19. The van der Waals surface area contributed by atoms with Gasteiger partial charge in [-0.25, -0.2) is 14.6 Å². The van der Waals surface area contributed by atoms with Gasteiger partial charge in [-0.15, -0.1) is 0 Å². The SMILES string of the molecule is Cc1noc(C)c1-n1ncnc1Cc1ccc(Cl)nc1. The lowest BCUT2D eigenvalue weighted by Crippen LogP contribution is -2.06. The van der Waals surface area contributed by atoms with E-state index in [1.54, 1.807) is 16.9 Å². The molecule has 0 aliphatic heterocycles. The molecular weight excluding hydrogens is 278 g/mol. The monoisotopic (exact) mass is 289 g/mol. The molecule has 0 fully saturated rings. The number of rotatable bonds is 3. The van der Waals surface area contributed by atoms with Crippen molar-refractivity contribution in [3.05, 3.63) is 52.7 Å². The Kier molecular flexibility index (Phi) is 3.23. The minimum absolute atomic E-state index is 0.473. The zero-order chi connectivity index (χ0) is 14.1. The van der Waals surface area contributed by atoms with Gasteiger partial charge in [-0.3, -0.25) is 0 Å². The number of pyridine rings is 1. The van der Waals surface area contributed by atoms with Crippen LogP contribution in [0.3, 0.4) is 0 Å². The molecule has 0 N–H and O–H groups in total. The molecule has 0 saturated heterocycles.